The predicted molar refractivity (Wildman–Crippen MR) is 96.0 cm³/mol. The lowest BCUT2D eigenvalue weighted by Crippen LogP contribution is -2.17. The number of anilines is 3. The highest BCUT2D eigenvalue weighted by Crippen LogP contribution is 2.30. The van der Waals surface area contributed by atoms with Crippen LogP contribution in [-0.4, -0.2) is 26.1 Å². The standard InChI is InChI=1S/C16H17BrN6O/c17-16-21-14(20-11-5-3-4-10(18)8-11)13-15(22-16)23(9-19-13)12-6-1-2-7-24-12/h3-5,8-9,12H,1-2,6-7,18H2,(H,20,21,22). The monoisotopic (exact) mass is 388 g/mol. The molecule has 0 amide bonds. The molecule has 0 bridgehead atoms. The zero-order valence-corrected chi connectivity index (χ0v) is 14.5. The summed E-state index contributed by atoms with van der Waals surface area (Å²) in [5.41, 5.74) is 8.83. The quantitative estimate of drug-likeness (QED) is 0.525. The van der Waals surface area contributed by atoms with E-state index in [1.807, 2.05) is 28.8 Å². The van der Waals surface area contributed by atoms with Crippen LogP contribution in [0.3, 0.4) is 0 Å². The summed E-state index contributed by atoms with van der Waals surface area (Å²) in [7, 11) is 0. The number of nitrogen functional groups attached to an aromatic ring is 1. The van der Waals surface area contributed by atoms with Gasteiger partial charge in [-0.1, -0.05) is 6.07 Å². The van der Waals surface area contributed by atoms with Crippen LogP contribution in [0.2, 0.25) is 0 Å². The third-order valence-electron chi connectivity index (χ3n) is 4.01. The molecule has 8 heteroatoms. The van der Waals surface area contributed by atoms with Crippen molar-refractivity contribution in [2.24, 2.45) is 0 Å². The zero-order chi connectivity index (χ0) is 16.5. The second-order valence-electron chi connectivity index (χ2n) is 5.74. The highest BCUT2D eigenvalue weighted by molar-refractivity contribution is 9.10. The van der Waals surface area contributed by atoms with Crippen molar-refractivity contribution < 1.29 is 4.74 Å². The number of aromatic nitrogens is 4. The Hall–Kier alpha value is -2.19. The smallest absolute Gasteiger partial charge is 0.200 e. The maximum absolute atomic E-state index is 5.85. The first-order chi connectivity index (χ1) is 11.7. The highest BCUT2D eigenvalue weighted by Gasteiger charge is 2.21. The summed E-state index contributed by atoms with van der Waals surface area (Å²) in [4.78, 5) is 13.4. The minimum absolute atomic E-state index is 0.0224. The zero-order valence-electron chi connectivity index (χ0n) is 12.9. The molecule has 1 atom stereocenters. The van der Waals surface area contributed by atoms with E-state index in [2.05, 4.69) is 36.2 Å². The molecule has 3 heterocycles. The van der Waals surface area contributed by atoms with Gasteiger partial charge in [0, 0.05) is 18.0 Å². The molecule has 1 aliphatic rings. The number of benzene rings is 1. The third kappa shape index (κ3) is 2.94. The molecule has 1 aliphatic heterocycles. The van der Waals surface area contributed by atoms with Crippen molar-refractivity contribution in [1.82, 2.24) is 19.5 Å². The summed E-state index contributed by atoms with van der Waals surface area (Å²) in [6.07, 6.45) is 4.96. The molecule has 0 spiro atoms. The van der Waals surface area contributed by atoms with Crippen LogP contribution in [0.4, 0.5) is 17.2 Å². The molecule has 1 unspecified atom stereocenters. The van der Waals surface area contributed by atoms with Crippen LogP contribution in [0.1, 0.15) is 25.5 Å². The summed E-state index contributed by atoms with van der Waals surface area (Å²) in [6.45, 7) is 0.769. The van der Waals surface area contributed by atoms with E-state index in [0.29, 0.717) is 21.8 Å². The van der Waals surface area contributed by atoms with Crippen molar-refractivity contribution in [3.05, 3.63) is 35.3 Å². The van der Waals surface area contributed by atoms with Gasteiger partial charge in [-0.25, -0.2) is 15.0 Å². The largest absolute Gasteiger partial charge is 0.399 e. The molecule has 124 valence electrons. The van der Waals surface area contributed by atoms with Gasteiger partial charge in [0.15, 0.2) is 17.0 Å². The van der Waals surface area contributed by atoms with E-state index < -0.39 is 0 Å². The van der Waals surface area contributed by atoms with Crippen LogP contribution in [0.15, 0.2) is 35.3 Å². The van der Waals surface area contributed by atoms with E-state index in [4.69, 9.17) is 10.5 Å². The van der Waals surface area contributed by atoms with Crippen LogP contribution in [0.25, 0.3) is 11.2 Å². The summed E-state index contributed by atoms with van der Waals surface area (Å²) in [5, 5.41) is 3.27. The van der Waals surface area contributed by atoms with Gasteiger partial charge in [-0.2, -0.15) is 0 Å². The number of rotatable bonds is 3. The Morgan fingerprint density at radius 2 is 2.21 bits per heavy atom. The molecule has 1 aromatic carbocycles. The minimum atomic E-state index is -0.0224. The van der Waals surface area contributed by atoms with Crippen LogP contribution in [0.5, 0.6) is 0 Å². The summed E-state index contributed by atoms with van der Waals surface area (Å²) >= 11 is 3.39. The summed E-state index contributed by atoms with van der Waals surface area (Å²) in [6, 6.07) is 7.51. The van der Waals surface area contributed by atoms with Crippen LogP contribution >= 0.6 is 15.9 Å². The van der Waals surface area contributed by atoms with Gasteiger partial charge in [-0.3, -0.25) is 4.57 Å². The first-order valence-corrected chi connectivity index (χ1v) is 8.64. The first-order valence-electron chi connectivity index (χ1n) is 7.85. The maximum Gasteiger partial charge on any atom is 0.200 e. The van der Waals surface area contributed by atoms with Crippen molar-refractivity contribution in [1.29, 1.82) is 0 Å². The molecule has 24 heavy (non-hydrogen) atoms. The fraction of sp³-hybridized carbons (Fsp3) is 0.312. The molecule has 3 N–H and O–H groups in total. The lowest BCUT2D eigenvalue weighted by Gasteiger charge is -2.23. The number of halogens is 1. The highest BCUT2D eigenvalue weighted by atomic mass is 79.9. The average Bonchev–Trinajstić information content (AvgIpc) is 2.99. The second kappa shape index (κ2) is 6.37. The molecular weight excluding hydrogens is 372 g/mol. The van der Waals surface area contributed by atoms with E-state index in [1.54, 1.807) is 6.33 Å². The molecule has 1 saturated heterocycles. The fourth-order valence-corrected chi connectivity index (χ4v) is 3.23. The van der Waals surface area contributed by atoms with Gasteiger partial charge in [-0.15, -0.1) is 0 Å². The Balaban J connectivity index is 1.74. The van der Waals surface area contributed by atoms with Crippen LogP contribution in [0, 0.1) is 0 Å². The molecule has 7 nitrogen and oxygen atoms in total. The lowest BCUT2D eigenvalue weighted by molar-refractivity contribution is -0.0298. The first kappa shape index (κ1) is 15.3. The predicted octanol–water partition coefficient (Wildman–Crippen LogP) is 3.61. The SMILES string of the molecule is Nc1cccc(Nc2nc(Br)nc3c2ncn3C2CCCCO2)c1. The summed E-state index contributed by atoms with van der Waals surface area (Å²) < 4.78 is 8.33. The topological polar surface area (TPSA) is 90.9 Å². The number of imidazole rings is 1. The molecule has 0 radical (unpaired) electrons. The van der Waals surface area contributed by atoms with Crippen molar-refractivity contribution in [2.75, 3.05) is 17.7 Å². The Kier molecular flexibility index (Phi) is 4.07. The van der Waals surface area contributed by atoms with E-state index in [-0.39, 0.29) is 6.23 Å². The van der Waals surface area contributed by atoms with Gasteiger partial charge in [-0.05, 0) is 53.4 Å². The number of hydrogen-bond acceptors (Lipinski definition) is 6. The number of fused-ring (bicyclic) bond motifs is 1. The number of ether oxygens (including phenoxy) is 1. The van der Waals surface area contributed by atoms with Gasteiger partial charge < -0.3 is 15.8 Å². The molecular formula is C16H17BrN6O. The normalized spacial score (nSPS) is 18.0. The number of nitrogens with two attached hydrogens (primary N) is 1. The Labute approximate surface area is 147 Å². The number of nitrogens with zero attached hydrogens (tertiary/aromatic N) is 4. The van der Waals surface area contributed by atoms with Crippen molar-refractivity contribution in [3.63, 3.8) is 0 Å². The van der Waals surface area contributed by atoms with Crippen LogP contribution < -0.4 is 11.1 Å². The third-order valence-corrected chi connectivity index (χ3v) is 4.36. The Morgan fingerprint density at radius 1 is 1.29 bits per heavy atom. The molecule has 0 saturated carbocycles. The maximum atomic E-state index is 5.85. The van der Waals surface area contributed by atoms with Gasteiger partial charge in [0.1, 0.15) is 6.23 Å². The number of hydrogen-bond donors (Lipinski definition) is 2. The van der Waals surface area contributed by atoms with E-state index >= 15 is 0 Å². The molecule has 1 fully saturated rings. The van der Waals surface area contributed by atoms with Gasteiger partial charge in [0.2, 0.25) is 4.73 Å². The van der Waals surface area contributed by atoms with E-state index in [0.717, 1.165) is 37.2 Å². The summed E-state index contributed by atoms with van der Waals surface area (Å²) in [5.74, 6) is 0.632. The van der Waals surface area contributed by atoms with Gasteiger partial charge in [0.05, 0.1) is 6.33 Å². The number of nitrogens with one attached hydrogen (secondary N) is 1. The molecule has 2 aromatic heterocycles. The lowest BCUT2D eigenvalue weighted by atomic mass is 10.2. The second-order valence-corrected chi connectivity index (χ2v) is 6.45. The fourth-order valence-electron chi connectivity index (χ4n) is 2.88. The van der Waals surface area contributed by atoms with Crippen molar-refractivity contribution >= 4 is 44.3 Å². The van der Waals surface area contributed by atoms with Crippen LogP contribution in [-0.2, 0) is 4.74 Å². The average molecular weight is 389 g/mol. The Bertz CT molecular complexity index is 874. The molecule has 3 aromatic rings. The molecule has 0 aliphatic carbocycles. The van der Waals surface area contributed by atoms with Crippen molar-refractivity contribution in [2.45, 2.75) is 25.5 Å². The van der Waals surface area contributed by atoms with Gasteiger partial charge in [0.25, 0.3) is 0 Å². The van der Waals surface area contributed by atoms with E-state index in [1.165, 1.54) is 0 Å². The van der Waals surface area contributed by atoms with Crippen molar-refractivity contribution in [3.8, 4) is 0 Å². The minimum Gasteiger partial charge on any atom is -0.399 e. The Morgan fingerprint density at radius 3 is 3.00 bits per heavy atom. The molecule has 4 rings (SSSR count). The van der Waals surface area contributed by atoms with Gasteiger partial charge >= 0.3 is 0 Å². The van der Waals surface area contributed by atoms with E-state index in [9.17, 15) is 0 Å².